The molecule has 0 bridgehead atoms. The van der Waals surface area contributed by atoms with Gasteiger partial charge in [0, 0.05) is 17.9 Å². The highest BCUT2D eigenvalue weighted by Crippen LogP contribution is 2.45. The van der Waals surface area contributed by atoms with Crippen LogP contribution in [0, 0.1) is 0 Å². The van der Waals surface area contributed by atoms with Gasteiger partial charge in [0.1, 0.15) is 0 Å². The highest BCUT2D eigenvalue weighted by Gasteiger charge is 2.46. The minimum absolute atomic E-state index is 0.196. The van der Waals surface area contributed by atoms with E-state index >= 15 is 0 Å². The van der Waals surface area contributed by atoms with E-state index in [0.29, 0.717) is 0 Å². The molecule has 3 N–H and O–H groups in total. The van der Waals surface area contributed by atoms with E-state index in [1.165, 1.54) is 57.2 Å². The maximum atomic E-state index is 5.93. The topological polar surface area (TPSA) is 54.2 Å². The molecule has 104 valence electrons. The molecule has 3 rings (SSSR count). The van der Waals surface area contributed by atoms with Crippen LogP contribution in [0.3, 0.4) is 0 Å². The highest BCUT2D eigenvalue weighted by atomic mass is 15.3. The first-order chi connectivity index (χ1) is 9.37. The van der Waals surface area contributed by atoms with Gasteiger partial charge in [-0.1, -0.05) is 18.9 Å². The number of hydrogen-bond donors (Lipinski definition) is 2. The quantitative estimate of drug-likeness (QED) is 0.642. The first-order valence-corrected chi connectivity index (χ1v) is 7.48. The van der Waals surface area contributed by atoms with E-state index in [2.05, 4.69) is 21.4 Å². The molecule has 4 nitrogen and oxygen atoms in total. The first-order valence-electron chi connectivity index (χ1n) is 7.48. The van der Waals surface area contributed by atoms with Crippen molar-refractivity contribution in [3.05, 3.63) is 30.1 Å². The maximum Gasteiger partial charge on any atom is 0.0658 e. The van der Waals surface area contributed by atoms with Gasteiger partial charge in [0.05, 0.1) is 6.04 Å². The number of rotatable bonds is 4. The number of hydrazine groups is 1. The summed E-state index contributed by atoms with van der Waals surface area (Å²) >= 11 is 0. The Labute approximate surface area is 115 Å². The van der Waals surface area contributed by atoms with Crippen LogP contribution < -0.4 is 11.3 Å². The van der Waals surface area contributed by atoms with Crippen molar-refractivity contribution < 1.29 is 0 Å². The summed E-state index contributed by atoms with van der Waals surface area (Å²) in [6.45, 7) is 2.44. The number of nitrogens with zero attached hydrogens (tertiary/aromatic N) is 2. The third kappa shape index (κ3) is 2.29. The molecule has 1 saturated heterocycles. The van der Waals surface area contributed by atoms with Gasteiger partial charge in [-0.15, -0.1) is 0 Å². The van der Waals surface area contributed by atoms with Crippen molar-refractivity contribution in [2.45, 2.75) is 50.1 Å². The Morgan fingerprint density at radius 2 is 1.95 bits per heavy atom. The van der Waals surface area contributed by atoms with E-state index in [0.717, 1.165) is 0 Å². The highest BCUT2D eigenvalue weighted by molar-refractivity contribution is 5.21. The molecule has 1 aromatic heterocycles. The maximum absolute atomic E-state index is 5.93. The van der Waals surface area contributed by atoms with Crippen LogP contribution >= 0.6 is 0 Å². The van der Waals surface area contributed by atoms with Gasteiger partial charge in [-0.2, -0.15) is 0 Å². The average Bonchev–Trinajstić information content (AvgIpc) is 3.12. The van der Waals surface area contributed by atoms with E-state index < -0.39 is 0 Å². The molecule has 1 saturated carbocycles. The lowest BCUT2D eigenvalue weighted by atomic mass is 9.83. The first kappa shape index (κ1) is 13.0. The molecule has 19 heavy (non-hydrogen) atoms. The van der Waals surface area contributed by atoms with Crippen molar-refractivity contribution in [2.24, 2.45) is 5.84 Å². The molecule has 1 unspecified atom stereocenters. The zero-order valence-corrected chi connectivity index (χ0v) is 11.5. The molecule has 0 aromatic carbocycles. The largest absolute Gasteiger partial charge is 0.296 e. The fourth-order valence-corrected chi connectivity index (χ4v) is 4.05. The minimum atomic E-state index is 0.196. The summed E-state index contributed by atoms with van der Waals surface area (Å²) in [7, 11) is 0. The van der Waals surface area contributed by atoms with Crippen molar-refractivity contribution >= 4 is 0 Å². The summed E-state index contributed by atoms with van der Waals surface area (Å²) in [6.07, 6.45) is 11.6. The lowest BCUT2D eigenvalue weighted by molar-refractivity contribution is 0.0763. The zero-order valence-electron chi connectivity index (χ0n) is 11.5. The van der Waals surface area contributed by atoms with Gasteiger partial charge >= 0.3 is 0 Å². The van der Waals surface area contributed by atoms with Crippen molar-refractivity contribution in [3.63, 3.8) is 0 Å². The molecule has 2 heterocycles. The molecular formula is C15H24N4. The standard InChI is InChI=1S/C15H24N4/c16-18-14(13-6-5-9-17-12-13)15(7-1-2-8-15)19-10-3-4-11-19/h5-6,9,12,14,18H,1-4,7-8,10-11,16H2. The Hall–Kier alpha value is -0.970. The van der Waals surface area contributed by atoms with Crippen LogP contribution in [0.4, 0.5) is 0 Å². The fourth-order valence-electron chi connectivity index (χ4n) is 4.05. The molecule has 0 amide bonds. The second-order valence-corrected chi connectivity index (χ2v) is 5.89. The zero-order chi connectivity index (χ0) is 13.1. The molecule has 1 aliphatic carbocycles. The Balaban J connectivity index is 1.93. The van der Waals surface area contributed by atoms with E-state index in [4.69, 9.17) is 5.84 Å². The van der Waals surface area contributed by atoms with E-state index in [-0.39, 0.29) is 11.6 Å². The summed E-state index contributed by atoms with van der Waals surface area (Å²) in [5.41, 5.74) is 4.52. The summed E-state index contributed by atoms with van der Waals surface area (Å²) in [4.78, 5) is 6.95. The van der Waals surface area contributed by atoms with Crippen molar-refractivity contribution in [1.82, 2.24) is 15.3 Å². The van der Waals surface area contributed by atoms with Crippen LogP contribution in [0.15, 0.2) is 24.5 Å². The Bertz CT molecular complexity index is 394. The predicted molar refractivity (Wildman–Crippen MR) is 76.3 cm³/mol. The Kier molecular flexibility index (Phi) is 3.82. The predicted octanol–water partition coefficient (Wildman–Crippen LogP) is 1.99. The lowest BCUT2D eigenvalue weighted by Crippen LogP contribution is -2.55. The number of likely N-dealkylation sites (tertiary alicyclic amines) is 1. The van der Waals surface area contributed by atoms with Crippen LogP contribution in [-0.4, -0.2) is 28.5 Å². The Morgan fingerprint density at radius 3 is 2.53 bits per heavy atom. The van der Waals surface area contributed by atoms with Gasteiger partial charge in [-0.3, -0.25) is 21.2 Å². The van der Waals surface area contributed by atoms with Crippen LogP contribution in [-0.2, 0) is 0 Å². The number of hydrogen-bond acceptors (Lipinski definition) is 4. The molecule has 0 spiro atoms. The van der Waals surface area contributed by atoms with Gasteiger partial charge in [-0.05, 0) is 50.4 Å². The molecule has 2 fully saturated rings. The van der Waals surface area contributed by atoms with Crippen molar-refractivity contribution in [1.29, 1.82) is 0 Å². The summed E-state index contributed by atoms with van der Waals surface area (Å²) in [5, 5.41) is 0. The number of nitrogens with one attached hydrogen (secondary N) is 1. The van der Waals surface area contributed by atoms with Crippen LogP contribution in [0.5, 0.6) is 0 Å². The van der Waals surface area contributed by atoms with E-state index in [9.17, 15) is 0 Å². The van der Waals surface area contributed by atoms with Gasteiger partial charge in [0.2, 0.25) is 0 Å². The van der Waals surface area contributed by atoms with Crippen molar-refractivity contribution in [3.8, 4) is 0 Å². The normalized spacial score (nSPS) is 24.7. The third-order valence-corrected chi connectivity index (χ3v) is 4.93. The minimum Gasteiger partial charge on any atom is -0.296 e. The summed E-state index contributed by atoms with van der Waals surface area (Å²) < 4.78 is 0. The van der Waals surface area contributed by atoms with Gasteiger partial charge in [0.15, 0.2) is 0 Å². The molecule has 1 aromatic rings. The third-order valence-electron chi connectivity index (χ3n) is 4.93. The van der Waals surface area contributed by atoms with Gasteiger partial charge in [0.25, 0.3) is 0 Å². The molecule has 4 heteroatoms. The Morgan fingerprint density at radius 1 is 1.21 bits per heavy atom. The lowest BCUT2D eigenvalue weighted by Gasteiger charge is -2.45. The second kappa shape index (κ2) is 5.57. The monoisotopic (exact) mass is 260 g/mol. The molecule has 1 aliphatic heterocycles. The SMILES string of the molecule is NNC(c1cccnc1)C1(N2CCCC2)CCCC1. The van der Waals surface area contributed by atoms with Crippen LogP contribution in [0.1, 0.15) is 50.1 Å². The molecular weight excluding hydrogens is 236 g/mol. The van der Waals surface area contributed by atoms with Gasteiger partial charge < -0.3 is 0 Å². The smallest absolute Gasteiger partial charge is 0.0658 e. The molecule has 2 aliphatic rings. The molecule has 1 atom stereocenters. The second-order valence-electron chi connectivity index (χ2n) is 5.89. The van der Waals surface area contributed by atoms with E-state index in [1.807, 2.05) is 18.5 Å². The number of pyridine rings is 1. The van der Waals surface area contributed by atoms with Crippen LogP contribution in [0.2, 0.25) is 0 Å². The number of aromatic nitrogens is 1. The van der Waals surface area contributed by atoms with Crippen LogP contribution in [0.25, 0.3) is 0 Å². The molecule has 0 radical (unpaired) electrons. The van der Waals surface area contributed by atoms with Gasteiger partial charge in [-0.25, -0.2) is 0 Å². The number of nitrogens with two attached hydrogens (primary N) is 1. The summed E-state index contributed by atoms with van der Waals surface area (Å²) in [6, 6.07) is 4.35. The average molecular weight is 260 g/mol. The van der Waals surface area contributed by atoms with E-state index in [1.54, 1.807) is 0 Å². The summed E-state index contributed by atoms with van der Waals surface area (Å²) in [5.74, 6) is 5.93. The van der Waals surface area contributed by atoms with Crippen molar-refractivity contribution in [2.75, 3.05) is 13.1 Å². The fraction of sp³-hybridized carbons (Fsp3) is 0.667.